The maximum absolute atomic E-state index is 8.81. The van der Waals surface area contributed by atoms with Crippen LogP contribution < -0.4 is 4.74 Å². The molecule has 0 heterocycles. The van der Waals surface area contributed by atoms with Gasteiger partial charge in [-0.3, -0.25) is 0 Å². The van der Waals surface area contributed by atoms with E-state index < -0.39 is 0 Å². The molecule has 0 unspecified atom stereocenters. The quantitative estimate of drug-likeness (QED) is 0.334. The largest absolute Gasteiger partial charge is 0.494 e. The van der Waals surface area contributed by atoms with Crippen LogP contribution in [-0.4, -0.2) is 6.61 Å². The molecule has 0 radical (unpaired) electrons. The van der Waals surface area contributed by atoms with E-state index in [1.807, 2.05) is 24.3 Å². The third-order valence-corrected chi connectivity index (χ3v) is 6.19. The first-order valence-electron chi connectivity index (χ1n) is 11.4. The van der Waals surface area contributed by atoms with Gasteiger partial charge < -0.3 is 4.74 Å². The van der Waals surface area contributed by atoms with Crippen molar-refractivity contribution in [3.63, 3.8) is 0 Å². The van der Waals surface area contributed by atoms with E-state index in [2.05, 4.69) is 13.0 Å². The van der Waals surface area contributed by atoms with Crippen LogP contribution in [0.5, 0.6) is 5.75 Å². The van der Waals surface area contributed by atoms with Crippen molar-refractivity contribution in [2.45, 2.75) is 96.8 Å². The molecule has 0 atom stereocenters. The van der Waals surface area contributed by atoms with Gasteiger partial charge in [-0.05, 0) is 48.9 Å². The smallest absolute Gasteiger partial charge is 0.119 e. The molecule has 0 aliphatic heterocycles. The van der Waals surface area contributed by atoms with Crippen LogP contribution in [0.2, 0.25) is 0 Å². The molecule has 27 heavy (non-hydrogen) atoms. The summed E-state index contributed by atoms with van der Waals surface area (Å²) >= 11 is 0. The zero-order valence-electron chi connectivity index (χ0n) is 17.4. The fraction of sp³-hybridized carbons (Fsp3) is 0.720. The Morgan fingerprint density at radius 1 is 0.815 bits per heavy atom. The molecule has 1 aromatic carbocycles. The van der Waals surface area contributed by atoms with Crippen molar-refractivity contribution in [2.75, 3.05) is 6.61 Å². The van der Waals surface area contributed by atoms with Crippen molar-refractivity contribution in [3.05, 3.63) is 29.8 Å². The average Bonchev–Trinajstić information content (AvgIpc) is 2.72. The highest BCUT2D eigenvalue weighted by atomic mass is 16.5. The van der Waals surface area contributed by atoms with Gasteiger partial charge in [0, 0.05) is 0 Å². The molecule has 0 aromatic heterocycles. The summed E-state index contributed by atoms with van der Waals surface area (Å²) in [7, 11) is 0. The lowest BCUT2D eigenvalue weighted by Gasteiger charge is -2.28. The molecular formula is C25H39NO. The van der Waals surface area contributed by atoms with Crippen LogP contribution in [0.3, 0.4) is 0 Å². The molecule has 1 aliphatic rings. The van der Waals surface area contributed by atoms with Crippen molar-refractivity contribution >= 4 is 0 Å². The molecule has 1 aromatic rings. The zero-order valence-corrected chi connectivity index (χ0v) is 17.4. The van der Waals surface area contributed by atoms with Gasteiger partial charge in [-0.25, -0.2) is 0 Å². The average molecular weight is 370 g/mol. The van der Waals surface area contributed by atoms with E-state index in [9.17, 15) is 0 Å². The molecule has 1 saturated carbocycles. The van der Waals surface area contributed by atoms with Crippen molar-refractivity contribution < 1.29 is 4.74 Å². The molecule has 0 saturated heterocycles. The second kappa shape index (κ2) is 13.6. The van der Waals surface area contributed by atoms with Crippen LogP contribution in [-0.2, 0) is 0 Å². The standard InChI is InChI=1S/C25H39NO/c1-2-3-4-5-6-7-8-10-22-12-14-23(15-13-22)11-9-20-27-25-18-16-24(21-26)17-19-25/h16-19,22-23H,2-15,20H2,1H3. The SMILES string of the molecule is CCCCCCCCCC1CCC(CCCOc2ccc(C#N)cc2)CC1. The summed E-state index contributed by atoms with van der Waals surface area (Å²) in [4.78, 5) is 0. The summed E-state index contributed by atoms with van der Waals surface area (Å²) in [6.07, 6.45) is 19.7. The lowest BCUT2D eigenvalue weighted by atomic mass is 9.78. The van der Waals surface area contributed by atoms with Gasteiger partial charge >= 0.3 is 0 Å². The van der Waals surface area contributed by atoms with Crippen LogP contribution >= 0.6 is 0 Å². The molecule has 0 spiro atoms. The van der Waals surface area contributed by atoms with Gasteiger partial charge in [-0.1, -0.05) is 84.0 Å². The molecular weight excluding hydrogens is 330 g/mol. The van der Waals surface area contributed by atoms with Gasteiger partial charge in [0.15, 0.2) is 0 Å². The van der Waals surface area contributed by atoms with Crippen molar-refractivity contribution in [1.82, 2.24) is 0 Å². The Labute approximate surface area is 167 Å². The first kappa shape index (κ1) is 21.8. The van der Waals surface area contributed by atoms with E-state index in [1.54, 1.807) is 0 Å². The molecule has 0 N–H and O–H groups in total. The van der Waals surface area contributed by atoms with Crippen LogP contribution in [0.25, 0.3) is 0 Å². The van der Waals surface area contributed by atoms with Gasteiger partial charge in [0.2, 0.25) is 0 Å². The van der Waals surface area contributed by atoms with Gasteiger partial charge in [-0.2, -0.15) is 5.26 Å². The lowest BCUT2D eigenvalue weighted by Crippen LogP contribution is -2.15. The number of unbranched alkanes of at least 4 members (excludes halogenated alkanes) is 6. The molecule has 0 bridgehead atoms. The summed E-state index contributed by atoms with van der Waals surface area (Å²) in [5, 5.41) is 8.81. The molecule has 2 nitrogen and oxygen atoms in total. The highest BCUT2D eigenvalue weighted by molar-refractivity contribution is 5.34. The van der Waals surface area contributed by atoms with E-state index in [1.165, 1.54) is 83.5 Å². The lowest BCUT2D eigenvalue weighted by molar-refractivity contribution is 0.228. The highest BCUT2D eigenvalue weighted by Gasteiger charge is 2.20. The third-order valence-electron chi connectivity index (χ3n) is 6.19. The third kappa shape index (κ3) is 9.32. The molecule has 2 heteroatoms. The van der Waals surface area contributed by atoms with E-state index in [0.29, 0.717) is 5.56 Å². The molecule has 1 aliphatic carbocycles. The normalized spacial score (nSPS) is 19.6. The van der Waals surface area contributed by atoms with Crippen LogP contribution in [0, 0.1) is 23.2 Å². The predicted molar refractivity (Wildman–Crippen MR) is 114 cm³/mol. The number of nitrogens with zero attached hydrogens (tertiary/aromatic N) is 1. The number of nitriles is 1. The second-order valence-corrected chi connectivity index (χ2v) is 8.42. The van der Waals surface area contributed by atoms with Crippen LogP contribution in [0.15, 0.2) is 24.3 Å². The minimum atomic E-state index is 0.690. The fourth-order valence-corrected chi connectivity index (χ4v) is 4.39. The number of benzene rings is 1. The Morgan fingerprint density at radius 2 is 1.37 bits per heavy atom. The van der Waals surface area contributed by atoms with Gasteiger partial charge in [-0.15, -0.1) is 0 Å². The summed E-state index contributed by atoms with van der Waals surface area (Å²) in [6, 6.07) is 9.57. The van der Waals surface area contributed by atoms with Gasteiger partial charge in [0.1, 0.15) is 5.75 Å². The predicted octanol–water partition coefficient (Wildman–Crippen LogP) is 7.66. The van der Waals surface area contributed by atoms with Crippen molar-refractivity contribution in [1.29, 1.82) is 5.26 Å². The number of rotatable bonds is 13. The second-order valence-electron chi connectivity index (χ2n) is 8.42. The van der Waals surface area contributed by atoms with Crippen LogP contribution in [0.4, 0.5) is 0 Å². The summed E-state index contributed by atoms with van der Waals surface area (Å²) in [5.41, 5.74) is 0.690. The highest BCUT2D eigenvalue weighted by Crippen LogP contribution is 2.34. The monoisotopic (exact) mass is 369 g/mol. The molecule has 150 valence electrons. The van der Waals surface area contributed by atoms with Gasteiger partial charge in [0.25, 0.3) is 0 Å². The molecule has 1 fully saturated rings. The van der Waals surface area contributed by atoms with Crippen molar-refractivity contribution in [3.8, 4) is 11.8 Å². The Bertz CT molecular complexity index is 522. The van der Waals surface area contributed by atoms with E-state index >= 15 is 0 Å². The number of ether oxygens (including phenoxy) is 1. The first-order valence-corrected chi connectivity index (χ1v) is 11.4. The van der Waals surface area contributed by atoms with E-state index in [4.69, 9.17) is 10.00 Å². The molecule has 2 rings (SSSR count). The molecule has 0 amide bonds. The van der Waals surface area contributed by atoms with Crippen molar-refractivity contribution in [2.24, 2.45) is 11.8 Å². The first-order chi connectivity index (χ1) is 13.3. The minimum absolute atomic E-state index is 0.690. The maximum Gasteiger partial charge on any atom is 0.119 e. The summed E-state index contributed by atoms with van der Waals surface area (Å²) < 4.78 is 5.81. The Balaban J connectivity index is 1.45. The van der Waals surface area contributed by atoms with Crippen LogP contribution in [0.1, 0.15) is 102 Å². The Hall–Kier alpha value is -1.49. The zero-order chi connectivity index (χ0) is 19.2. The minimum Gasteiger partial charge on any atom is -0.494 e. The Morgan fingerprint density at radius 3 is 1.96 bits per heavy atom. The van der Waals surface area contributed by atoms with E-state index in [0.717, 1.165) is 30.6 Å². The number of hydrogen-bond acceptors (Lipinski definition) is 2. The topological polar surface area (TPSA) is 33.0 Å². The van der Waals surface area contributed by atoms with E-state index in [-0.39, 0.29) is 0 Å². The number of hydrogen-bond donors (Lipinski definition) is 0. The summed E-state index contributed by atoms with van der Waals surface area (Å²) in [6.45, 7) is 3.09. The van der Waals surface area contributed by atoms with Gasteiger partial charge in [0.05, 0.1) is 18.2 Å². The maximum atomic E-state index is 8.81. The Kier molecular flexibility index (Phi) is 11.0. The summed E-state index contributed by atoms with van der Waals surface area (Å²) in [5.74, 6) is 2.80. The fourth-order valence-electron chi connectivity index (χ4n) is 4.39.